The molecule has 0 aromatic carbocycles. The van der Waals surface area contributed by atoms with Crippen molar-refractivity contribution in [1.29, 1.82) is 0 Å². The third-order valence-electron chi connectivity index (χ3n) is 3.59. The van der Waals surface area contributed by atoms with Crippen molar-refractivity contribution in [3.05, 3.63) is 24.5 Å². The second-order valence-electron chi connectivity index (χ2n) is 5.25. The van der Waals surface area contributed by atoms with Gasteiger partial charge in [0, 0.05) is 32.0 Å². The smallest absolute Gasteiger partial charge is 0.231 e. The molecule has 2 heterocycles. The number of likely N-dealkylation sites (tertiary alicyclic amines) is 1. The third-order valence-corrected chi connectivity index (χ3v) is 3.59. The van der Waals surface area contributed by atoms with E-state index in [1.807, 2.05) is 34.0 Å². The Balaban J connectivity index is 1.72. The first kappa shape index (κ1) is 14.6. The summed E-state index contributed by atoms with van der Waals surface area (Å²) in [6.07, 6.45) is 5.76. The van der Waals surface area contributed by atoms with Gasteiger partial charge >= 0.3 is 0 Å². The van der Waals surface area contributed by atoms with E-state index in [4.69, 9.17) is 5.73 Å². The number of hydrogen-bond donors (Lipinski definition) is 2. The van der Waals surface area contributed by atoms with Gasteiger partial charge in [0.15, 0.2) is 0 Å². The van der Waals surface area contributed by atoms with E-state index in [1.54, 1.807) is 0 Å². The minimum atomic E-state index is -0.335. The van der Waals surface area contributed by atoms with Gasteiger partial charge in [-0.2, -0.15) is 0 Å². The first-order chi connectivity index (χ1) is 9.65. The number of primary amides is 1. The number of hydrogen-bond acceptors (Lipinski definition) is 3. The van der Waals surface area contributed by atoms with E-state index in [0.29, 0.717) is 13.1 Å². The van der Waals surface area contributed by atoms with Gasteiger partial charge in [-0.05, 0) is 31.5 Å². The molecule has 0 saturated carbocycles. The molecule has 2 rings (SSSR count). The van der Waals surface area contributed by atoms with Crippen molar-refractivity contribution in [2.45, 2.75) is 19.4 Å². The molecule has 0 radical (unpaired) electrons. The summed E-state index contributed by atoms with van der Waals surface area (Å²) in [4.78, 5) is 25.0. The monoisotopic (exact) mass is 278 g/mol. The van der Waals surface area contributed by atoms with Gasteiger partial charge in [0.25, 0.3) is 0 Å². The minimum Gasteiger partial charge on any atom is -0.369 e. The molecule has 1 aromatic rings. The minimum absolute atomic E-state index is 0.0345. The van der Waals surface area contributed by atoms with E-state index in [2.05, 4.69) is 5.32 Å². The van der Waals surface area contributed by atoms with Crippen LogP contribution in [0.3, 0.4) is 0 Å². The van der Waals surface area contributed by atoms with Crippen LogP contribution in [-0.4, -0.2) is 47.5 Å². The van der Waals surface area contributed by atoms with Crippen LogP contribution in [0.4, 0.5) is 0 Å². The Labute approximate surface area is 118 Å². The lowest BCUT2D eigenvalue weighted by molar-refractivity contribution is -0.128. The highest BCUT2D eigenvalue weighted by Crippen LogP contribution is 2.16. The van der Waals surface area contributed by atoms with Gasteiger partial charge in [-0.15, -0.1) is 0 Å². The maximum absolute atomic E-state index is 12.1. The van der Waals surface area contributed by atoms with Crippen LogP contribution in [0.25, 0.3) is 0 Å². The molecule has 1 aromatic heterocycles. The number of nitrogens with one attached hydrogen (secondary N) is 1. The van der Waals surface area contributed by atoms with Crippen LogP contribution in [0.15, 0.2) is 24.5 Å². The molecule has 0 bridgehead atoms. The molecular weight excluding hydrogens is 256 g/mol. The van der Waals surface area contributed by atoms with Crippen molar-refractivity contribution < 1.29 is 9.59 Å². The summed E-state index contributed by atoms with van der Waals surface area (Å²) in [6.45, 7) is 3.11. The number of amides is 2. The predicted octanol–water partition coefficient (Wildman–Crippen LogP) is -0.198. The molecule has 0 spiro atoms. The van der Waals surface area contributed by atoms with E-state index in [1.165, 1.54) is 0 Å². The number of aromatic nitrogens is 1. The summed E-state index contributed by atoms with van der Waals surface area (Å²) in [7, 11) is 0. The lowest BCUT2D eigenvalue weighted by atomic mass is 9.97. The average molecular weight is 278 g/mol. The quantitative estimate of drug-likeness (QED) is 0.756. The molecule has 1 aliphatic heterocycles. The highest BCUT2D eigenvalue weighted by molar-refractivity contribution is 5.79. The van der Waals surface area contributed by atoms with Gasteiger partial charge < -0.3 is 15.6 Å². The number of piperidine rings is 1. The second-order valence-corrected chi connectivity index (χ2v) is 5.25. The van der Waals surface area contributed by atoms with Crippen LogP contribution in [0.1, 0.15) is 12.8 Å². The summed E-state index contributed by atoms with van der Waals surface area (Å²) in [6, 6.07) is 3.93. The Kier molecular flexibility index (Phi) is 5.17. The fourth-order valence-corrected chi connectivity index (χ4v) is 2.61. The van der Waals surface area contributed by atoms with Gasteiger partial charge in [-0.1, -0.05) is 0 Å². The van der Waals surface area contributed by atoms with Crippen LogP contribution in [0.5, 0.6) is 0 Å². The first-order valence-electron chi connectivity index (χ1n) is 7.04. The van der Waals surface area contributed by atoms with Crippen LogP contribution < -0.4 is 11.1 Å². The molecule has 0 unspecified atom stereocenters. The Morgan fingerprint density at radius 1 is 1.30 bits per heavy atom. The zero-order chi connectivity index (χ0) is 14.4. The van der Waals surface area contributed by atoms with Crippen LogP contribution in [0.2, 0.25) is 0 Å². The highest BCUT2D eigenvalue weighted by Gasteiger charge is 2.25. The van der Waals surface area contributed by atoms with Gasteiger partial charge in [0.05, 0.1) is 12.5 Å². The van der Waals surface area contributed by atoms with Gasteiger partial charge in [-0.3, -0.25) is 14.5 Å². The van der Waals surface area contributed by atoms with Crippen molar-refractivity contribution in [2.24, 2.45) is 11.7 Å². The Hall–Kier alpha value is -1.82. The van der Waals surface area contributed by atoms with Crippen molar-refractivity contribution in [3.63, 3.8) is 0 Å². The summed E-state index contributed by atoms with van der Waals surface area (Å²) >= 11 is 0. The molecule has 1 saturated heterocycles. The lowest BCUT2D eigenvalue weighted by Gasteiger charge is -2.30. The Morgan fingerprint density at radius 2 is 2.05 bits per heavy atom. The molecule has 1 fully saturated rings. The molecule has 1 atom stereocenters. The summed E-state index contributed by atoms with van der Waals surface area (Å²) in [5, 5.41) is 2.96. The van der Waals surface area contributed by atoms with Crippen molar-refractivity contribution >= 4 is 11.8 Å². The molecule has 1 aliphatic rings. The molecule has 2 amide bonds. The van der Waals surface area contributed by atoms with E-state index < -0.39 is 0 Å². The molecule has 3 N–H and O–H groups in total. The maximum Gasteiger partial charge on any atom is 0.231 e. The first-order valence-corrected chi connectivity index (χ1v) is 7.04. The largest absolute Gasteiger partial charge is 0.369 e. The van der Waals surface area contributed by atoms with E-state index in [0.717, 1.165) is 25.9 Å². The molecule has 20 heavy (non-hydrogen) atoms. The third kappa shape index (κ3) is 4.38. The summed E-state index contributed by atoms with van der Waals surface area (Å²) < 4.78 is 2.03. The summed E-state index contributed by atoms with van der Waals surface area (Å²) in [5.74, 6) is -0.294. The van der Waals surface area contributed by atoms with Crippen molar-refractivity contribution in [1.82, 2.24) is 14.8 Å². The standard InChI is InChI=1S/C14H22N4O2/c15-13(19)11-18-8-3-4-12(10-18)14(20)16-5-9-17-6-1-2-7-17/h1-2,6-7,12H,3-5,8-11H2,(H2,15,19)(H,16,20)/t12-/m1/s1. The van der Waals surface area contributed by atoms with Crippen LogP contribution in [0, 0.1) is 5.92 Å². The number of carbonyl (C=O) groups excluding carboxylic acids is 2. The molecule has 0 aliphatic carbocycles. The number of nitrogens with zero attached hydrogens (tertiary/aromatic N) is 2. The molecule has 110 valence electrons. The fourth-order valence-electron chi connectivity index (χ4n) is 2.61. The molecular formula is C14H22N4O2. The molecule has 6 heteroatoms. The maximum atomic E-state index is 12.1. The Bertz CT molecular complexity index is 444. The predicted molar refractivity (Wildman–Crippen MR) is 75.8 cm³/mol. The zero-order valence-electron chi connectivity index (χ0n) is 11.6. The van der Waals surface area contributed by atoms with Gasteiger partial charge in [0.1, 0.15) is 0 Å². The normalized spacial score (nSPS) is 19.7. The molecule has 6 nitrogen and oxygen atoms in total. The zero-order valence-corrected chi connectivity index (χ0v) is 11.6. The number of carbonyl (C=O) groups is 2. The topological polar surface area (TPSA) is 80.4 Å². The lowest BCUT2D eigenvalue weighted by Crippen LogP contribution is -2.46. The second kappa shape index (κ2) is 7.09. The fraction of sp³-hybridized carbons (Fsp3) is 0.571. The number of nitrogens with two attached hydrogens (primary N) is 1. The van der Waals surface area contributed by atoms with E-state index in [9.17, 15) is 9.59 Å². The number of rotatable bonds is 6. The van der Waals surface area contributed by atoms with Gasteiger partial charge in [0.2, 0.25) is 11.8 Å². The average Bonchev–Trinajstić information content (AvgIpc) is 2.91. The van der Waals surface area contributed by atoms with Gasteiger partial charge in [-0.25, -0.2) is 0 Å². The van der Waals surface area contributed by atoms with Crippen LogP contribution >= 0.6 is 0 Å². The van der Waals surface area contributed by atoms with Crippen LogP contribution in [-0.2, 0) is 16.1 Å². The highest BCUT2D eigenvalue weighted by atomic mass is 16.2. The van der Waals surface area contributed by atoms with Crippen molar-refractivity contribution in [2.75, 3.05) is 26.2 Å². The Morgan fingerprint density at radius 3 is 2.75 bits per heavy atom. The van der Waals surface area contributed by atoms with Crippen molar-refractivity contribution in [3.8, 4) is 0 Å². The SMILES string of the molecule is NC(=O)CN1CCC[C@@H](C(=O)NCCn2cccc2)C1. The summed E-state index contributed by atoms with van der Waals surface area (Å²) in [5.41, 5.74) is 5.20. The van der Waals surface area contributed by atoms with E-state index >= 15 is 0 Å². The van der Waals surface area contributed by atoms with E-state index in [-0.39, 0.29) is 24.3 Å².